The molecule has 1 aliphatic rings. The molecule has 15 heavy (non-hydrogen) atoms. The second-order valence-corrected chi connectivity index (χ2v) is 4.59. The largest absolute Gasteiger partial charge is 0.395 e. The molecule has 1 aliphatic heterocycles. The molecule has 0 aromatic rings. The Morgan fingerprint density at radius 1 is 1.47 bits per heavy atom. The predicted octanol–water partition coefficient (Wildman–Crippen LogP) is 1.08. The number of nitrogens with one attached hydrogen (secondary N) is 1. The molecule has 1 heterocycles. The van der Waals surface area contributed by atoms with E-state index < -0.39 is 0 Å². The second kappa shape index (κ2) is 7.20. The van der Waals surface area contributed by atoms with Gasteiger partial charge in [-0.3, -0.25) is 0 Å². The minimum absolute atomic E-state index is 0.263. The molecule has 0 spiro atoms. The van der Waals surface area contributed by atoms with E-state index in [9.17, 15) is 0 Å². The predicted molar refractivity (Wildman–Crippen MR) is 64.0 cm³/mol. The van der Waals surface area contributed by atoms with E-state index in [-0.39, 0.29) is 12.6 Å². The van der Waals surface area contributed by atoms with Crippen LogP contribution in [-0.4, -0.2) is 48.8 Å². The van der Waals surface area contributed by atoms with E-state index in [1.54, 1.807) is 0 Å². The van der Waals surface area contributed by atoms with Crippen LogP contribution in [0, 0.1) is 5.92 Å². The van der Waals surface area contributed by atoms with E-state index >= 15 is 0 Å². The number of likely N-dealkylation sites (tertiary alicyclic amines) is 1. The zero-order valence-electron chi connectivity index (χ0n) is 10.2. The molecule has 3 heteroatoms. The summed E-state index contributed by atoms with van der Waals surface area (Å²) >= 11 is 0. The Labute approximate surface area is 93.9 Å². The average Bonchev–Trinajstić information content (AvgIpc) is 2.72. The van der Waals surface area contributed by atoms with Crippen molar-refractivity contribution in [3.05, 3.63) is 0 Å². The van der Waals surface area contributed by atoms with E-state index in [1.807, 2.05) is 0 Å². The lowest BCUT2D eigenvalue weighted by Crippen LogP contribution is -2.36. The van der Waals surface area contributed by atoms with E-state index in [4.69, 9.17) is 5.11 Å². The smallest absolute Gasteiger partial charge is 0.0585 e. The van der Waals surface area contributed by atoms with Crippen molar-refractivity contribution in [1.82, 2.24) is 10.2 Å². The summed E-state index contributed by atoms with van der Waals surface area (Å²) in [5, 5.41) is 12.5. The van der Waals surface area contributed by atoms with Crippen molar-refractivity contribution in [3.8, 4) is 0 Å². The van der Waals surface area contributed by atoms with Crippen LogP contribution in [0.3, 0.4) is 0 Å². The fourth-order valence-corrected chi connectivity index (χ4v) is 2.33. The first kappa shape index (κ1) is 12.9. The van der Waals surface area contributed by atoms with Gasteiger partial charge in [-0.2, -0.15) is 0 Å². The van der Waals surface area contributed by atoms with E-state index in [1.165, 1.54) is 25.9 Å². The van der Waals surface area contributed by atoms with E-state index in [0.29, 0.717) is 0 Å². The van der Waals surface area contributed by atoms with Crippen molar-refractivity contribution in [3.63, 3.8) is 0 Å². The summed E-state index contributed by atoms with van der Waals surface area (Å²) in [5.41, 5.74) is 0. The van der Waals surface area contributed by atoms with Crippen molar-refractivity contribution < 1.29 is 5.11 Å². The van der Waals surface area contributed by atoms with Gasteiger partial charge in [-0.1, -0.05) is 20.3 Å². The molecular weight excluding hydrogens is 188 g/mol. The maximum absolute atomic E-state index is 9.15. The third kappa shape index (κ3) is 4.49. The zero-order chi connectivity index (χ0) is 11.1. The van der Waals surface area contributed by atoms with Gasteiger partial charge in [-0.15, -0.1) is 0 Å². The van der Waals surface area contributed by atoms with Crippen molar-refractivity contribution in [2.75, 3.05) is 32.8 Å². The summed E-state index contributed by atoms with van der Waals surface area (Å²) in [6, 6.07) is 0.288. The molecule has 0 radical (unpaired) electrons. The molecule has 0 aliphatic carbocycles. The van der Waals surface area contributed by atoms with Gasteiger partial charge in [0.25, 0.3) is 0 Å². The first-order valence-corrected chi connectivity index (χ1v) is 6.36. The zero-order valence-corrected chi connectivity index (χ0v) is 10.2. The maximum atomic E-state index is 9.15. The number of hydrogen-bond donors (Lipinski definition) is 2. The normalized spacial score (nSPS) is 24.6. The summed E-state index contributed by atoms with van der Waals surface area (Å²) in [4.78, 5) is 2.54. The van der Waals surface area contributed by atoms with Crippen molar-refractivity contribution >= 4 is 0 Å². The number of likely N-dealkylation sites (N-methyl/N-ethyl adjacent to an activating group) is 1. The van der Waals surface area contributed by atoms with Gasteiger partial charge in [0.05, 0.1) is 6.61 Å². The molecule has 0 aromatic heterocycles. The van der Waals surface area contributed by atoms with Gasteiger partial charge < -0.3 is 15.3 Å². The van der Waals surface area contributed by atoms with Crippen molar-refractivity contribution in [2.45, 2.75) is 39.2 Å². The standard InChI is InChI=1S/C12H26N2O/c1-3-11-5-7-14(9-11)8-6-12(10-15)13-4-2/h11-13,15H,3-10H2,1-2H3. The molecule has 2 N–H and O–H groups in total. The fourth-order valence-electron chi connectivity index (χ4n) is 2.33. The molecule has 2 atom stereocenters. The lowest BCUT2D eigenvalue weighted by molar-refractivity contribution is 0.217. The van der Waals surface area contributed by atoms with Gasteiger partial charge >= 0.3 is 0 Å². The van der Waals surface area contributed by atoms with Gasteiger partial charge in [-0.25, -0.2) is 0 Å². The molecule has 0 aromatic carbocycles. The van der Waals surface area contributed by atoms with E-state index in [0.717, 1.165) is 25.4 Å². The number of hydrogen-bond acceptors (Lipinski definition) is 3. The number of aliphatic hydroxyl groups excluding tert-OH is 1. The Kier molecular flexibility index (Phi) is 6.22. The average molecular weight is 214 g/mol. The Hall–Kier alpha value is -0.120. The summed E-state index contributed by atoms with van der Waals surface area (Å²) < 4.78 is 0. The molecule has 1 saturated heterocycles. The number of rotatable bonds is 7. The SMILES string of the molecule is CCNC(CO)CCN1CCC(CC)C1. The lowest BCUT2D eigenvalue weighted by Gasteiger charge is -2.20. The van der Waals surface area contributed by atoms with Crippen molar-refractivity contribution in [1.29, 1.82) is 0 Å². The van der Waals surface area contributed by atoms with Crippen LogP contribution in [0.4, 0.5) is 0 Å². The van der Waals surface area contributed by atoms with Crippen LogP contribution in [0.25, 0.3) is 0 Å². The Balaban J connectivity index is 2.13. The highest BCUT2D eigenvalue weighted by Crippen LogP contribution is 2.19. The van der Waals surface area contributed by atoms with Gasteiger partial charge in [0.15, 0.2) is 0 Å². The van der Waals surface area contributed by atoms with Crippen LogP contribution in [-0.2, 0) is 0 Å². The minimum Gasteiger partial charge on any atom is -0.395 e. The van der Waals surface area contributed by atoms with E-state index in [2.05, 4.69) is 24.1 Å². The molecule has 90 valence electrons. The fraction of sp³-hybridized carbons (Fsp3) is 1.00. The lowest BCUT2D eigenvalue weighted by atomic mass is 10.1. The second-order valence-electron chi connectivity index (χ2n) is 4.59. The molecule has 0 amide bonds. The molecule has 1 fully saturated rings. The molecule has 2 unspecified atom stereocenters. The van der Waals surface area contributed by atoms with Crippen LogP contribution in [0.2, 0.25) is 0 Å². The van der Waals surface area contributed by atoms with Crippen molar-refractivity contribution in [2.24, 2.45) is 5.92 Å². The Morgan fingerprint density at radius 2 is 2.27 bits per heavy atom. The number of nitrogens with zero attached hydrogens (tertiary/aromatic N) is 1. The van der Waals surface area contributed by atoms with Gasteiger partial charge in [0.2, 0.25) is 0 Å². The molecule has 0 bridgehead atoms. The third-order valence-electron chi connectivity index (χ3n) is 3.45. The Bertz CT molecular complexity index is 164. The maximum Gasteiger partial charge on any atom is 0.0585 e. The molecule has 3 nitrogen and oxygen atoms in total. The molecule has 1 rings (SSSR count). The highest BCUT2D eigenvalue weighted by Gasteiger charge is 2.21. The summed E-state index contributed by atoms with van der Waals surface area (Å²) in [6.07, 6.45) is 3.75. The van der Waals surface area contributed by atoms with Crippen LogP contribution in [0.15, 0.2) is 0 Å². The third-order valence-corrected chi connectivity index (χ3v) is 3.45. The topological polar surface area (TPSA) is 35.5 Å². The van der Waals surface area contributed by atoms with Crippen LogP contribution < -0.4 is 5.32 Å². The highest BCUT2D eigenvalue weighted by atomic mass is 16.3. The quantitative estimate of drug-likeness (QED) is 0.665. The molecule has 0 saturated carbocycles. The molecular formula is C12H26N2O. The number of aliphatic hydroxyl groups is 1. The van der Waals surface area contributed by atoms with Gasteiger partial charge in [0.1, 0.15) is 0 Å². The summed E-state index contributed by atoms with van der Waals surface area (Å²) in [6.45, 7) is 9.23. The van der Waals surface area contributed by atoms with Gasteiger partial charge in [0, 0.05) is 12.6 Å². The van der Waals surface area contributed by atoms with Crippen LogP contribution in [0.5, 0.6) is 0 Å². The highest BCUT2D eigenvalue weighted by molar-refractivity contribution is 4.76. The van der Waals surface area contributed by atoms with Crippen LogP contribution >= 0.6 is 0 Å². The minimum atomic E-state index is 0.263. The summed E-state index contributed by atoms with van der Waals surface area (Å²) in [7, 11) is 0. The first-order chi connectivity index (χ1) is 7.30. The van der Waals surface area contributed by atoms with Crippen LogP contribution in [0.1, 0.15) is 33.1 Å². The van der Waals surface area contributed by atoms with Gasteiger partial charge in [-0.05, 0) is 38.4 Å². The monoisotopic (exact) mass is 214 g/mol. The Morgan fingerprint density at radius 3 is 2.80 bits per heavy atom. The summed E-state index contributed by atoms with van der Waals surface area (Å²) in [5.74, 6) is 0.914. The first-order valence-electron chi connectivity index (χ1n) is 6.36.